The average Bonchev–Trinajstić information content (AvgIpc) is 2.85. The summed E-state index contributed by atoms with van der Waals surface area (Å²) < 4.78 is 26.3. The van der Waals surface area contributed by atoms with Gasteiger partial charge in [-0.05, 0) is 17.4 Å². The Balaban J connectivity index is 3.14. The van der Waals surface area contributed by atoms with E-state index >= 15 is 0 Å². The van der Waals surface area contributed by atoms with E-state index in [1.165, 1.54) is 15.8 Å². The van der Waals surface area contributed by atoms with Crippen molar-refractivity contribution >= 4 is 27.3 Å². The monoisotopic (exact) mass is 305 g/mol. The minimum atomic E-state index is -3.73. The lowest BCUT2D eigenvalue weighted by atomic mass is 10.1. The third kappa shape index (κ3) is 3.55. The number of hydrogen-bond acceptors (Lipinski definition) is 4. The summed E-state index contributed by atoms with van der Waals surface area (Å²) >= 11 is 0.932. The van der Waals surface area contributed by atoms with E-state index in [-0.39, 0.29) is 15.7 Å². The number of nitrogens with zero attached hydrogens (tertiary/aromatic N) is 1. The molecule has 1 atom stereocenters. The molecule has 1 heterocycles. The van der Waals surface area contributed by atoms with E-state index < -0.39 is 16.0 Å². The van der Waals surface area contributed by atoms with Gasteiger partial charge in [-0.3, -0.25) is 0 Å². The Morgan fingerprint density at radius 2 is 2.11 bits per heavy atom. The number of carbonyl (C=O) groups is 1. The predicted octanol–water partition coefficient (Wildman–Crippen LogP) is 2.50. The van der Waals surface area contributed by atoms with Crippen molar-refractivity contribution in [2.24, 2.45) is 5.92 Å². The first-order valence-electron chi connectivity index (χ1n) is 6.15. The second-order valence-corrected chi connectivity index (χ2v) is 7.21. The summed E-state index contributed by atoms with van der Waals surface area (Å²) in [6.07, 6.45) is 0.876. The first-order chi connectivity index (χ1) is 8.84. The van der Waals surface area contributed by atoms with Crippen molar-refractivity contribution in [2.75, 3.05) is 13.1 Å². The summed E-state index contributed by atoms with van der Waals surface area (Å²) in [5, 5.41) is 10.5. The van der Waals surface area contributed by atoms with Gasteiger partial charge in [0.2, 0.25) is 10.0 Å². The van der Waals surface area contributed by atoms with Gasteiger partial charge >= 0.3 is 5.97 Å². The highest BCUT2D eigenvalue weighted by atomic mass is 32.2. The van der Waals surface area contributed by atoms with Crippen LogP contribution < -0.4 is 0 Å². The van der Waals surface area contributed by atoms with Crippen LogP contribution in [-0.4, -0.2) is 36.9 Å². The normalized spacial score (nSPS) is 13.7. The van der Waals surface area contributed by atoms with Gasteiger partial charge in [0.05, 0.1) is 0 Å². The summed E-state index contributed by atoms with van der Waals surface area (Å²) in [6.45, 7) is 6.47. The standard InChI is InChI=1S/C12H19NO4S2/c1-4-9(3)8-13(5-2)19(16,17)10-6-7-18-11(10)12(14)15/h6-7,9H,4-5,8H2,1-3H3,(H,14,15). The molecule has 1 unspecified atom stereocenters. The molecule has 0 saturated heterocycles. The van der Waals surface area contributed by atoms with Gasteiger partial charge in [-0.2, -0.15) is 4.31 Å². The minimum absolute atomic E-state index is 0.102. The molecular weight excluding hydrogens is 286 g/mol. The number of aromatic carboxylic acids is 1. The van der Waals surface area contributed by atoms with Crippen LogP contribution >= 0.6 is 11.3 Å². The van der Waals surface area contributed by atoms with E-state index in [0.29, 0.717) is 13.1 Å². The average molecular weight is 305 g/mol. The van der Waals surface area contributed by atoms with E-state index in [2.05, 4.69) is 0 Å². The third-order valence-electron chi connectivity index (χ3n) is 3.01. The molecule has 1 aromatic heterocycles. The zero-order valence-corrected chi connectivity index (χ0v) is 12.9. The smallest absolute Gasteiger partial charge is 0.347 e. The highest BCUT2D eigenvalue weighted by Gasteiger charge is 2.29. The van der Waals surface area contributed by atoms with Gasteiger partial charge in [-0.25, -0.2) is 13.2 Å². The van der Waals surface area contributed by atoms with E-state index in [4.69, 9.17) is 5.11 Å². The summed E-state index contributed by atoms with van der Waals surface area (Å²) in [4.78, 5) is 10.8. The van der Waals surface area contributed by atoms with E-state index in [9.17, 15) is 13.2 Å². The van der Waals surface area contributed by atoms with Crippen LogP contribution in [-0.2, 0) is 10.0 Å². The second-order valence-electron chi connectivity index (χ2n) is 4.39. The van der Waals surface area contributed by atoms with Crippen LogP contribution in [0.1, 0.15) is 36.9 Å². The molecule has 0 aliphatic rings. The largest absolute Gasteiger partial charge is 0.477 e. The maximum atomic E-state index is 12.5. The van der Waals surface area contributed by atoms with Gasteiger partial charge in [0, 0.05) is 13.1 Å². The number of thiophene rings is 1. The van der Waals surface area contributed by atoms with Gasteiger partial charge in [-0.1, -0.05) is 27.2 Å². The van der Waals surface area contributed by atoms with Crippen LogP contribution in [0.25, 0.3) is 0 Å². The number of sulfonamides is 1. The Morgan fingerprint density at radius 1 is 1.47 bits per heavy atom. The van der Waals surface area contributed by atoms with Crippen molar-refractivity contribution in [2.45, 2.75) is 32.1 Å². The molecule has 0 fully saturated rings. The van der Waals surface area contributed by atoms with E-state index in [1.807, 2.05) is 13.8 Å². The van der Waals surface area contributed by atoms with Crippen LogP contribution in [0.15, 0.2) is 16.3 Å². The molecule has 1 N–H and O–H groups in total. The molecule has 19 heavy (non-hydrogen) atoms. The predicted molar refractivity (Wildman–Crippen MR) is 75.2 cm³/mol. The van der Waals surface area contributed by atoms with Crippen molar-refractivity contribution in [3.05, 3.63) is 16.3 Å². The van der Waals surface area contributed by atoms with Crippen LogP contribution in [0, 0.1) is 5.92 Å². The van der Waals surface area contributed by atoms with Gasteiger partial charge < -0.3 is 5.11 Å². The molecule has 0 aliphatic carbocycles. The maximum absolute atomic E-state index is 12.5. The molecular formula is C12H19NO4S2. The Hall–Kier alpha value is -0.920. The molecule has 0 amide bonds. The van der Waals surface area contributed by atoms with Gasteiger partial charge in [0.25, 0.3) is 0 Å². The molecule has 7 heteroatoms. The van der Waals surface area contributed by atoms with Crippen molar-refractivity contribution in [1.29, 1.82) is 0 Å². The zero-order valence-electron chi connectivity index (χ0n) is 11.3. The van der Waals surface area contributed by atoms with Crippen molar-refractivity contribution < 1.29 is 18.3 Å². The highest BCUT2D eigenvalue weighted by Crippen LogP contribution is 2.26. The lowest BCUT2D eigenvalue weighted by molar-refractivity contribution is 0.0698. The maximum Gasteiger partial charge on any atom is 0.347 e. The zero-order chi connectivity index (χ0) is 14.6. The molecule has 5 nitrogen and oxygen atoms in total. The van der Waals surface area contributed by atoms with E-state index in [0.717, 1.165) is 17.8 Å². The molecule has 1 aromatic rings. The van der Waals surface area contributed by atoms with Crippen LogP contribution in [0.5, 0.6) is 0 Å². The van der Waals surface area contributed by atoms with Crippen molar-refractivity contribution in [3.63, 3.8) is 0 Å². The number of carboxylic acid groups (broad SMARTS) is 1. The Morgan fingerprint density at radius 3 is 2.58 bits per heavy atom. The molecule has 0 aliphatic heterocycles. The Kier molecular flexibility index (Phi) is 5.51. The number of hydrogen-bond donors (Lipinski definition) is 1. The molecule has 0 aromatic carbocycles. The topological polar surface area (TPSA) is 74.7 Å². The molecule has 0 radical (unpaired) electrons. The van der Waals surface area contributed by atoms with Crippen LogP contribution in [0.2, 0.25) is 0 Å². The fourth-order valence-electron chi connectivity index (χ4n) is 1.67. The summed E-state index contributed by atoms with van der Waals surface area (Å²) in [5.41, 5.74) is 0. The first kappa shape index (κ1) is 16.1. The Labute approximate surface area is 117 Å². The van der Waals surface area contributed by atoms with Crippen molar-refractivity contribution in [3.8, 4) is 0 Å². The lowest BCUT2D eigenvalue weighted by Gasteiger charge is -2.23. The number of carboxylic acids is 1. The van der Waals surface area contributed by atoms with Crippen LogP contribution in [0.3, 0.4) is 0 Å². The third-order valence-corrected chi connectivity index (χ3v) is 6.02. The number of rotatable bonds is 7. The molecule has 108 valence electrons. The summed E-state index contributed by atoms with van der Waals surface area (Å²) in [7, 11) is -3.73. The highest BCUT2D eigenvalue weighted by molar-refractivity contribution is 7.89. The summed E-state index contributed by atoms with van der Waals surface area (Å²) in [5.74, 6) is -0.963. The van der Waals surface area contributed by atoms with E-state index in [1.54, 1.807) is 6.92 Å². The van der Waals surface area contributed by atoms with Crippen LogP contribution in [0.4, 0.5) is 0 Å². The minimum Gasteiger partial charge on any atom is -0.477 e. The van der Waals surface area contributed by atoms with Gasteiger partial charge in [0.15, 0.2) is 0 Å². The fourth-order valence-corrected chi connectivity index (χ4v) is 4.47. The molecule has 0 saturated carbocycles. The van der Waals surface area contributed by atoms with Crippen molar-refractivity contribution in [1.82, 2.24) is 4.31 Å². The molecule has 1 rings (SSSR count). The molecule has 0 spiro atoms. The lowest BCUT2D eigenvalue weighted by Crippen LogP contribution is -2.35. The Bertz CT molecular complexity index is 536. The SMILES string of the molecule is CCC(C)CN(CC)S(=O)(=O)c1ccsc1C(=O)O. The first-order valence-corrected chi connectivity index (χ1v) is 8.47. The molecule has 0 bridgehead atoms. The fraction of sp³-hybridized carbons (Fsp3) is 0.583. The van der Waals surface area contributed by atoms with Gasteiger partial charge in [-0.15, -0.1) is 11.3 Å². The summed E-state index contributed by atoms with van der Waals surface area (Å²) in [6, 6.07) is 1.36. The van der Waals surface area contributed by atoms with Gasteiger partial charge in [0.1, 0.15) is 9.77 Å². The quantitative estimate of drug-likeness (QED) is 0.840. The second kappa shape index (κ2) is 6.49.